The molecule has 0 aliphatic heterocycles. The van der Waals surface area contributed by atoms with E-state index in [1.54, 1.807) is 12.1 Å². The summed E-state index contributed by atoms with van der Waals surface area (Å²) in [5.74, 6) is 0. The topological polar surface area (TPSA) is 76.5 Å². The smallest absolute Gasteiger partial charge is 0.280 e. The van der Waals surface area contributed by atoms with E-state index in [9.17, 15) is 4.79 Å². The first kappa shape index (κ1) is 15.5. The van der Waals surface area contributed by atoms with Crippen molar-refractivity contribution in [2.24, 2.45) is 0 Å². The van der Waals surface area contributed by atoms with Crippen molar-refractivity contribution in [1.82, 2.24) is 25.2 Å². The van der Waals surface area contributed by atoms with E-state index in [4.69, 9.17) is 11.6 Å². The van der Waals surface area contributed by atoms with Gasteiger partial charge in [0.2, 0.25) is 0 Å². The van der Waals surface area contributed by atoms with Gasteiger partial charge in [-0.15, -0.1) is 5.10 Å². The summed E-state index contributed by atoms with van der Waals surface area (Å²) in [6.45, 7) is 1.81. The molecule has 2 aromatic carbocycles. The summed E-state index contributed by atoms with van der Waals surface area (Å²) in [4.78, 5) is 12.9. The van der Waals surface area contributed by atoms with E-state index in [1.807, 2.05) is 49.4 Å². The lowest BCUT2D eigenvalue weighted by molar-refractivity contribution is 0.532. The van der Waals surface area contributed by atoms with E-state index in [-0.39, 0.29) is 11.1 Å². The van der Waals surface area contributed by atoms with Gasteiger partial charge in [-0.05, 0) is 30.2 Å². The molecular formula is C18H14ClN5O. The van der Waals surface area contributed by atoms with Crippen LogP contribution in [0.2, 0.25) is 5.02 Å². The summed E-state index contributed by atoms with van der Waals surface area (Å²) in [6, 6.07) is 16.6. The third-order valence-corrected chi connectivity index (χ3v) is 4.36. The van der Waals surface area contributed by atoms with Gasteiger partial charge in [0.25, 0.3) is 5.56 Å². The van der Waals surface area contributed by atoms with Gasteiger partial charge in [0.05, 0.1) is 5.69 Å². The van der Waals surface area contributed by atoms with Gasteiger partial charge in [-0.1, -0.05) is 59.3 Å². The standard InChI is InChI=1S/C18H14ClN5O/c1-11-15-16(21-20-11)18(25)24(23-22-15)17(12-5-3-2-4-6-12)13-7-9-14(19)10-8-13/h2-10,17H,1H3,(H,20,21). The largest absolute Gasteiger partial charge is 0.299 e. The number of hydrogen-bond donors (Lipinski definition) is 1. The van der Waals surface area contributed by atoms with Crippen LogP contribution in [0.5, 0.6) is 0 Å². The monoisotopic (exact) mass is 351 g/mol. The summed E-state index contributed by atoms with van der Waals surface area (Å²) in [6.07, 6.45) is 0. The molecule has 25 heavy (non-hydrogen) atoms. The maximum Gasteiger partial charge on any atom is 0.299 e. The first-order valence-corrected chi connectivity index (χ1v) is 8.13. The van der Waals surface area contributed by atoms with E-state index in [2.05, 4.69) is 20.5 Å². The van der Waals surface area contributed by atoms with Crippen molar-refractivity contribution in [3.63, 3.8) is 0 Å². The minimum atomic E-state index is -0.417. The summed E-state index contributed by atoms with van der Waals surface area (Å²) in [7, 11) is 0. The van der Waals surface area contributed by atoms with E-state index in [0.717, 1.165) is 16.8 Å². The number of benzene rings is 2. The molecule has 1 N–H and O–H groups in total. The van der Waals surface area contributed by atoms with E-state index in [1.165, 1.54) is 4.68 Å². The van der Waals surface area contributed by atoms with Crippen LogP contribution in [0.1, 0.15) is 22.9 Å². The molecule has 0 aliphatic carbocycles. The van der Waals surface area contributed by atoms with Crippen LogP contribution in [0.3, 0.4) is 0 Å². The number of fused-ring (bicyclic) bond motifs is 1. The van der Waals surface area contributed by atoms with Crippen molar-refractivity contribution in [3.8, 4) is 0 Å². The predicted molar refractivity (Wildman–Crippen MR) is 95.8 cm³/mol. The molecule has 4 rings (SSSR count). The molecule has 0 fully saturated rings. The highest BCUT2D eigenvalue weighted by Gasteiger charge is 2.21. The number of H-pyrrole nitrogens is 1. The third-order valence-electron chi connectivity index (χ3n) is 4.11. The second-order valence-corrected chi connectivity index (χ2v) is 6.19. The van der Waals surface area contributed by atoms with Crippen molar-refractivity contribution in [2.45, 2.75) is 13.0 Å². The van der Waals surface area contributed by atoms with Crippen LogP contribution in [0.25, 0.3) is 11.0 Å². The second kappa shape index (κ2) is 6.14. The highest BCUT2D eigenvalue weighted by atomic mass is 35.5. The zero-order valence-electron chi connectivity index (χ0n) is 13.3. The Morgan fingerprint density at radius 1 is 1.00 bits per heavy atom. The van der Waals surface area contributed by atoms with Gasteiger partial charge in [0.1, 0.15) is 11.6 Å². The Hall–Kier alpha value is -2.99. The minimum absolute atomic E-state index is 0.280. The number of aromatic nitrogens is 5. The highest BCUT2D eigenvalue weighted by Crippen LogP contribution is 2.26. The fraction of sp³-hybridized carbons (Fsp3) is 0.111. The molecule has 1 atom stereocenters. The number of nitrogens with zero attached hydrogens (tertiary/aromatic N) is 4. The lowest BCUT2D eigenvalue weighted by atomic mass is 9.99. The quantitative estimate of drug-likeness (QED) is 0.615. The number of aryl methyl sites for hydroxylation is 1. The highest BCUT2D eigenvalue weighted by molar-refractivity contribution is 6.30. The van der Waals surface area contributed by atoms with Crippen LogP contribution in [-0.4, -0.2) is 25.2 Å². The molecule has 0 amide bonds. The van der Waals surface area contributed by atoms with Gasteiger partial charge in [-0.25, -0.2) is 0 Å². The maximum absolute atomic E-state index is 12.9. The molecule has 0 aliphatic rings. The van der Waals surface area contributed by atoms with Gasteiger partial charge in [0, 0.05) is 5.02 Å². The summed E-state index contributed by atoms with van der Waals surface area (Å²) < 4.78 is 1.36. The Morgan fingerprint density at radius 2 is 1.68 bits per heavy atom. The first-order chi connectivity index (χ1) is 12.1. The Morgan fingerprint density at radius 3 is 2.40 bits per heavy atom. The third kappa shape index (κ3) is 2.70. The molecule has 0 radical (unpaired) electrons. The number of nitrogens with one attached hydrogen (secondary N) is 1. The Balaban J connectivity index is 1.97. The summed E-state index contributed by atoms with van der Waals surface area (Å²) >= 11 is 6.01. The number of hydrogen-bond acceptors (Lipinski definition) is 4. The lowest BCUT2D eigenvalue weighted by Gasteiger charge is -2.19. The molecule has 7 heteroatoms. The van der Waals surface area contributed by atoms with Crippen molar-refractivity contribution in [2.75, 3.05) is 0 Å². The minimum Gasteiger partial charge on any atom is -0.280 e. The van der Waals surface area contributed by atoms with Crippen molar-refractivity contribution in [1.29, 1.82) is 0 Å². The van der Waals surface area contributed by atoms with E-state index in [0.29, 0.717) is 10.5 Å². The lowest BCUT2D eigenvalue weighted by Crippen LogP contribution is -2.30. The number of rotatable bonds is 3. The zero-order chi connectivity index (χ0) is 17.4. The van der Waals surface area contributed by atoms with E-state index < -0.39 is 6.04 Å². The van der Waals surface area contributed by atoms with Crippen LogP contribution in [-0.2, 0) is 0 Å². The molecule has 2 aromatic heterocycles. The van der Waals surface area contributed by atoms with Gasteiger partial charge >= 0.3 is 0 Å². The molecule has 1 unspecified atom stereocenters. The molecule has 6 nitrogen and oxygen atoms in total. The maximum atomic E-state index is 12.9. The van der Waals surface area contributed by atoms with Gasteiger partial charge < -0.3 is 0 Å². The first-order valence-electron chi connectivity index (χ1n) is 7.76. The fourth-order valence-electron chi connectivity index (χ4n) is 2.86. The number of aromatic amines is 1. The fourth-order valence-corrected chi connectivity index (χ4v) is 2.99. The van der Waals surface area contributed by atoms with Crippen LogP contribution in [0.15, 0.2) is 59.4 Å². The van der Waals surface area contributed by atoms with Gasteiger partial charge in [-0.3, -0.25) is 9.89 Å². The zero-order valence-corrected chi connectivity index (χ0v) is 14.1. The molecule has 2 heterocycles. The molecule has 0 spiro atoms. The Labute approximate surface area is 148 Å². The number of halogens is 1. The Bertz CT molecular complexity index is 1090. The molecular weight excluding hydrogens is 338 g/mol. The van der Waals surface area contributed by atoms with Crippen LogP contribution in [0.4, 0.5) is 0 Å². The predicted octanol–water partition coefficient (Wildman–Crippen LogP) is 3.11. The molecule has 0 saturated carbocycles. The molecule has 0 saturated heterocycles. The van der Waals surface area contributed by atoms with Gasteiger partial charge in [0.15, 0.2) is 5.52 Å². The average Bonchev–Trinajstić information content (AvgIpc) is 3.02. The SMILES string of the molecule is Cc1[nH]nc2c(=O)n(C(c3ccccc3)c3ccc(Cl)cc3)nnc12. The van der Waals surface area contributed by atoms with Crippen molar-refractivity contribution < 1.29 is 0 Å². The molecule has 4 aromatic rings. The summed E-state index contributed by atoms with van der Waals surface area (Å²) in [5.41, 5.74) is 3.01. The van der Waals surface area contributed by atoms with Crippen LogP contribution < -0.4 is 5.56 Å². The summed E-state index contributed by atoms with van der Waals surface area (Å²) in [5, 5.41) is 15.9. The molecule has 124 valence electrons. The van der Waals surface area contributed by atoms with Crippen LogP contribution in [0, 0.1) is 6.92 Å². The van der Waals surface area contributed by atoms with E-state index >= 15 is 0 Å². The molecule has 0 bridgehead atoms. The second-order valence-electron chi connectivity index (χ2n) is 5.75. The van der Waals surface area contributed by atoms with Crippen molar-refractivity contribution >= 4 is 22.6 Å². The average molecular weight is 352 g/mol. The van der Waals surface area contributed by atoms with Gasteiger partial charge in [-0.2, -0.15) is 9.78 Å². The van der Waals surface area contributed by atoms with Crippen molar-refractivity contribution in [3.05, 3.63) is 86.8 Å². The Kier molecular flexibility index (Phi) is 3.82. The normalized spacial score (nSPS) is 12.4. The van der Waals surface area contributed by atoms with Crippen LogP contribution >= 0.6 is 11.6 Å².